The molecule has 20 heavy (non-hydrogen) atoms. The van der Waals surface area contributed by atoms with Gasteiger partial charge in [0.25, 0.3) is 5.91 Å². The minimum absolute atomic E-state index is 0.0135. The van der Waals surface area contributed by atoms with Gasteiger partial charge in [0, 0.05) is 19.1 Å². The molecular formula is C15H20BrFN2O. The summed E-state index contributed by atoms with van der Waals surface area (Å²) in [7, 11) is 0. The fourth-order valence-electron chi connectivity index (χ4n) is 2.82. The van der Waals surface area contributed by atoms with Crippen molar-refractivity contribution in [2.24, 2.45) is 11.7 Å². The van der Waals surface area contributed by atoms with Gasteiger partial charge in [0.05, 0.1) is 10.0 Å². The number of nitrogens with two attached hydrogens (primary N) is 1. The van der Waals surface area contributed by atoms with Gasteiger partial charge in [-0.25, -0.2) is 4.39 Å². The number of rotatable bonds is 3. The molecule has 0 aromatic heterocycles. The molecule has 5 heteroatoms. The van der Waals surface area contributed by atoms with Gasteiger partial charge in [0.2, 0.25) is 0 Å². The highest BCUT2D eigenvalue weighted by Gasteiger charge is 2.31. The van der Waals surface area contributed by atoms with Crippen LogP contribution in [-0.4, -0.2) is 29.9 Å². The number of carbonyl (C=O) groups is 1. The Hall–Kier alpha value is -0.940. The zero-order valence-electron chi connectivity index (χ0n) is 11.6. The Morgan fingerprint density at radius 1 is 1.55 bits per heavy atom. The summed E-state index contributed by atoms with van der Waals surface area (Å²) < 4.78 is 14.4. The molecule has 1 aromatic rings. The van der Waals surface area contributed by atoms with Crippen LogP contribution in [0.2, 0.25) is 0 Å². The molecule has 2 rings (SSSR count). The van der Waals surface area contributed by atoms with Crippen LogP contribution >= 0.6 is 15.9 Å². The number of carbonyl (C=O) groups excluding carboxylic acids is 1. The molecule has 1 fully saturated rings. The van der Waals surface area contributed by atoms with E-state index in [2.05, 4.69) is 22.9 Å². The summed E-state index contributed by atoms with van der Waals surface area (Å²) in [6, 6.07) is 4.81. The number of hydrogen-bond acceptors (Lipinski definition) is 2. The zero-order valence-corrected chi connectivity index (χ0v) is 13.2. The van der Waals surface area contributed by atoms with E-state index in [1.165, 1.54) is 6.07 Å². The van der Waals surface area contributed by atoms with Crippen LogP contribution in [0.1, 0.15) is 36.5 Å². The number of hydrogen-bond donors (Lipinski definition) is 1. The quantitative estimate of drug-likeness (QED) is 0.916. The second kappa shape index (κ2) is 6.68. The first-order valence-electron chi connectivity index (χ1n) is 7.03. The zero-order chi connectivity index (χ0) is 14.7. The van der Waals surface area contributed by atoms with Gasteiger partial charge in [-0.1, -0.05) is 19.4 Å². The van der Waals surface area contributed by atoms with Gasteiger partial charge >= 0.3 is 0 Å². The lowest BCUT2D eigenvalue weighted by Gasteiger charge is -2.39. The molecule has 1 amide bonds. The van der Waals surface area contributed by atoms with Crippen LogP contribution < -0.4 is 5.73 Å². The Morgan fingerprint density at radius 2 is 2.30 bits per heavy atom. The molecule has 110 valence electrons. The van der Waals surface area contributed by atoms with E-state index in [1.54, 1.807) is 17.0 Å². The van der Waals surface area contributed by atoms with Crippen molar-refractivity contribution in [3.05, 3.63) is 34.1 Å². The second-order valence-corrected chi connectivity index (χ2v) is 6.14. The predicted octanol–water partition coefficient (Wildman–Crippen LogP) is 3.18. The van der Waals surface area contributed by atoms with Crippen LogP contribution in [0.25, 0.3) is 0 Å². The van der Waals surface area contributed by atoms with Crippen molar-refractivity contribution >= 4 is 21.8 Å². The molecule has 1 aliphatic rings. The molecule has 1 heterocycles. The Balaban J connectivity index is 2.22. The topological polar surface area (TPSA) is 46.3 Å². The molecule has 1 saturated heterocycles. The summed E-state index contributed by atoms with van der Waals surface area (Å²) in [5.41, 5.74) is 5.92. The molecule has 2 unspecified atom stereocenters. The average Bonchev–Trinajstić information content (AvgIpc) is 2.48. The van der Waals surface area contributed by atoms with Crippen LogP contribution in [0.15, 0.2) is 22.7 Å². The summed E-state index contributed by atoms with van der Waals surface area (Å²) in [5.74, 6) is -0.139. The van der Waals surface area contributed by atoms with Crippen molar-refractivity contribution < 1.29 is 9.18 Å². The van der Waals surface area contributed by atoms with E-state index in [0.717, 1.165) is 19.3 Å². The molecule has 2 atom stereocenters. The Morgan fingerprint density at radius 3 is 2.95 bits per heavy atom. The van der Waals surface area contributed by atoms with Crippen LogP contribution in [0.4, 0.5) is 4.39 Å². The summed E-state index contributed by atoms with van der Waals surface area (Å²) in [4.78, 5) is 14.3. The van der Waals surface area contributed by atoms with E-state index >= 15 is 0 Å². The second-order valence-electron chi connectivity index (χ2n) is 5.29. The first kappa shape index (κ1) is 15.4. The van der Waals surface area contributed by atoms with E-state index in [9.17, 15) is 9.18 Å². The third-order valence-corrected chi connectivity index (χ3v) is 4.73. The molecule has 0 saturated carbocycles. The number of likely N-dealkylation sites (tertiary alicyclic amines) is 1. The van der Waals surface area contributed by atoms with Crippen molar-refractivity contribution in [3.63, 3.8) is 0 Å². The number of halogens is 2. The van der Waals surface area contributed by atoms with Gasteiger partial charge in [0.1, 0.15) is 5.82 Å². The van der Waals surface area contributed by atoms with Crippen molar-refractivity contribution in [2.75, 3.05) is 13.1 Å². The number of piperidine rings is 1. The van der Waals surface area contributed by atoms with E-state index < -0.39 is 5.82 Å². The molecule has 0 radical (unpaired) electrons. The first-order chi connectivity index (χ1) is 9.58. The smallest absolute Gasteiger partial charge is 0.257 e. The van der Waals surface area contributed by atoms with E-state index in [0.29, 0.717) is 23.5 Å². The van der Waals surface area contributed by atoms with Crippen LogP contribution in [0.5, 0.6) is 0 Å². The maximum absolute atomic E-state index is 14.1. The van der Waals surface area contributed by atoms with E-state index in [1.807, 2.05) is 0 Å². The van der Waals surface area contributed by atoms with Crippen LogP contribution in [0, 0.1) is 11.7 Å². The SMILES string of the molecule is CCC1CCN(C(=O)c2cccc(Br)c2F)C(CN)C1. The van der Waals surface area contributed by atoms with Gasteiger partial charge in [-0.2, -0.15) is 0 Å². The lowest BCUT2D eigenvalue weighted by atomic mass is 9.88. The molecule has 0 aliphatic carbocycles. The maximum Gasteiger partial charge on any atom is 0.257 e. The van der Waals surface area contributed by atoms with Gasteiger partial charge in [-0.3, -0.25) is 4.79 Å². The number of amides is 1. The lowest BCUT2D eigenvalue weighted by molar-refractivity contribution is 0.0553. The summed E-state index contributed by atoms with van der Waals surface area (Å²) in [6.07, 6.45) is 2.98. The minimum Gasteiger partial charge on any atom is -0.334 e. The van der Waals surface area contributed by atoms with Crippen molar-refractivity contribution in [3.8, 4) is 0 Å². The van der Waals surface area contributed by atoms with Crippen molar-refractivity contribution in [2.45, 2.75) is 32.2 Å². The summed E-state index contributed by atoms with van der Waals surface area (Å²) >= 11 is 3.12. The minimum atomic E-state index is -0.495. The molecule has 3 nitrogen and oxygen atoms in total. The van der Waals surface area contributed by atoms with Crippen molar-refractivity contribution in [1.82, 2.24) is 4.90 Å². The van der Waals surface area contributed by atoms with Crippen LogP contribution in [0.3, 0.4) is 0 Å². The molecule has 0 spiro atoms. The summed E-state index contributed by atoms with van der Waals surface area (Å²) in [5, 5.41) is 0. The standard InChI is InChI=1S/C15H20BrFN2O/c1-2-10-6-7-19(11(8-10)9-18)15(20)12-4-3-5-13(16)14(12)17/h3-5,10-11H,2,6-9,18H2,1H3. The molecule has 0 bridgehead atoms. The predicted molar refractivity (Wildman–Crippen MR) is 81.0 cm³/mol. The number of nitrogens with zero attached hydrogens (tertiary/aromatic N) is 1. The third kappa shape index (κ3) is 3.04. The molecule has 2 N–H and O–H groups in total. The monoisotopic (exact) mass is 342 g/mol. The van der Waals surface area contributed by atoms with Crippen molar-refractivity contribution in [1.29, 1.82) is 0 Å². The molecule has 1 aromatic carbocycles. The normalized spacial score (nSPS) is 22.9. The van der Waals surface area contributed by atoms with E-state index in [-0.39, 0.29) is 17.5 Å². The van der Waals surface area contributed by atoms with Gasteiger partial charge in [-0.15, -0.1) is 0 Å². The first-order valence-corrected chi connectivity index (χ1v) is 7.82. The summed E-state index contributed by atoms with van der Waals surface area (Å²) in [6.45, 7) is 3.24. The Bertz CT molecular complexity index is 495. The Labute approximate surface area is 127 Å². The van der Waals surface area contributed by atoms with Gasteiger partial charge < -0.3 is 10.6 Å². The number of benzene rings is 1. The fourth-order valence-corrected chi connectivity index (χ4v) is 3.19. The highest BCUT2D eigenvalue weighted by molar-refractivity contribution is 9.10. The Kier molecular flexibility index (Phi) is 5.16. The molecular weight excluding hydrogens is 323 g/mol. The molecule has 1 aliphatic heterocycles. The highest BCUT2D eigenvalue weighted by Crippen LogP contribution is 2.27. The van der Waals surface area contributed by atoms with E-state index in [4.69, 9.17) is 5.73 Å². The third-order valence-electron chi connectivity index (χ3n) is 4.12. The lowest BCUT2D eigenvalue weighted by Crippen LogP contribution is -2.49. The van der Waals surface area contributed by atoms with Crippen LogP contribution in [-0.2, 0) is 0 Å². The fraction of sp³-hybridized carbons (Fsp3) is 0.533. The average molecular weight is 343 g/mol. The highest BCUT2D eigenvalue weighted by atomic mass is 79.9. The maximum atomic E-state index is 14.1. The van der Waals surface area contributed by atoms with Gasteiger partial charge in [0.15, 0.2) is 0 Å². The largest absolute Gasteiger partial charge is 0.334 e. The van der Waals surface area contributed by atoms with Gasteiger partial charge in [-0.05, 0) is 46.8 Å².